The molecule has 0 heterocycles. The highest BCUT2D eigenvalue weighted by Gasteiger charge is 2.15. The van der Waals surface area contributed by atoms with Gasteiger partial charge in [-0.15, -0.1) is 0 Å². The third-order valence-corrected chi connectivity index (χ3v) is 3.94. The number of oxime groups is 1. The first-order valence-corrected chi connectivity index (χ1v) is 7.62. The van der Waals surface area contributed by atoms with Gasteiger partial charge in [0, 0.05) is 15.8 Å². The van der Waals surface area contributed by atoms with Crippen LogP contribution in [-0.4, -0.2) is 47.3 Å². The van der Waals surface area contributed by atoms with Gasteiger partial charge in [-0.1, -0.05) is 32.8 Å². The number of carbonyl (C=O) groups is 1. The largest absolute Gasteiger partial charge is 0.410 e. The van der Waals surface area contributed by atoms with Crippen LogP contribution in [0.25, 0.3) is 0 Å². The minimum atomic E-state index is -0.246. The molecule has 0 spiro atoms. The second kappa shape index (κ2) is 8.35. The molecule has 0 unspecified atom stereocenters. The van der Waals surface area contributed by atoms with Crippen molar-refractivity contribution in [3.05, 3.63) is 34.3 Å². The van der Waals surface area contributed by atoms with Crippen molar-refractivity contribution in [3.63, 3.8) is 0 Å². The van der Waals surface area contributed by atoms with Gasteiger partial charge in [0.2, 0.25) is 5.78 Å². The highest BCUT2D eigenvalue weighted by Crippen LogP contribution is 2.15. The van der Waals surface area contributed by atoms with Gasteiger partial charge in [0.05, 0.1) is 0 Å². The molecule has 6 heteroatoms. The van der Waals surface area contributed by atoms with Gasteiger partial charge in [-0.3, -0.25) is 4.79 Å². The lowest BCUT2D eigenvalue weighted by molar-refractivity contribution is 0.106. The van der Waals surface area contributed by atoms with E-state index in [1.54, 1.807) is 24.3 Å². The Bertz CT molecular complexity index is 446. The van der Waals surface area contributed by atoms with Crippen LogP contribution in [0.3, 0.4) is 0 Å². The Hall–Kier alpha value is -0.850. The molecule has 1 aromatic rings. The lowest BCUT2D eigenvalue weighted by Crippen LogP contribution is -2.15. The Morgan fingerprint density at radius 1 is 1.37 bits per heavy atom. The summed E-state index contributed by atoms with van der Waals surface area (Å²) in [6, 6.07) is 6.99. The molecule has 0 amide bonds. The van der Waals surface area contributed by atoms with E-state index in [9.17, 15) is 4.79 Å². The molecule has 104 valence electrons. The van der Waals surface area contributed by atoms with Crippen molar-refractivity contribution < 1.29 is 10.0 Å². The minimum absolute atomic E-state index is 0.140. The Kier molecular flexibility index (Phi) is 7.12. The molecule has 0 aliphatic carbocycles. The monoisotopic (exact) mass is 344 g/mol. The molecule has 0 aliphatic heterocycles. The van der Waals surface area contributed by atoms with Crippen LogP contribution >= 0.6 is 27.7 Å². The Morgan fingerprint density at radius 2 is 2.00 bits per heavy atom. The van der Waals surface area contributed by atoms with Gasteiger partial charge in [-0.2, -0.15) is 0 Å². The summed E-state index contributed by atoms with van der Waals surface area (Å²) in [5, 5.41) is 12.2. The smallest absolute Gasteiger partial charge is 0.221 e. The fraction of sp³-hybridized carbons (Fsp3) is 0.385. The normalized spacial score (nSPS) is 11.9. The van der Waals surface area contributed by atoms with Crippen molar-refractivity contribution in [1.29, 1.82) is 0 Å². The zero-order valence-electron chi connectivity index (χ0n) is 11.0. The summed E-state index contributed by atoms with van der Waals surface area (Å²) in [5.41, 5.74) is 0.524. The molecule has 0 atom stereocenters. The van der Waals surface area contributed by atoms with E-state index in [1.807, 2.05) is 14.1 Å². The summed E-state index contributed by atoms with van der Waals surface area (Å²) >= 11 is 4.60. The van der Waals surface area contributed by atoms with E-state index in [4.69, 9.17) is 5.21 Å². The lowest BCUT2D eigenvalue weighted by atomic mass is 10.1. The number of carbonyl (C=O) groups excluding carboxylic acids is 1. The zero-order valence-corrected chi connectivity index (χ0v) is 13.4. The quantitative estimate of drug-likeness (QED) is 0.215. The molecular formula is C13H17BrN2O2S. The third kappa shape index (κ3) is 5.76. The first-order chi connectivity index (χ1) is 9.04. The molecule has 19 heavy (non-hydrogen) atoms. The van der Waals surface area contributed by atoms with Gasteiger partial charge in [0.1, 0.15) is 0 Å². The Labute approximate surface area is 126 Å². The van der Waals surface area contributed by atoms with Crippen LogP contribution in [0.1, 0.15) is 16.8 Å². The minimum Gasteiger partial charge on any atom is -0.410 e. The molecule has 0 aromatic heterocycles. The standard InChI is InChI=1S/C13H17BrN2O2S/c1-16(2)8-3-9-19-13(15-18)12(17)10-4-6-11(14)7-5-10/h4-7,18H,3,8-9H2,1-2H3/b15-13-. The maximum Gasteiger partial charge on any atom is 0.221 e. The van der Waals surface area contributed by atoms with Gasteiger partial charge in [-0.25, -0.2) is 0 Å². The van der Waals surface area contributed by atoms with E-state index >= 15 is 0 Å². The van der Waals surface area contributed by atoms with E-state index in [0.717, 1.165) is 23.2 Å². The van der Waals surface area contributed by atoms with Crippen molar-refractivity contribution in [2.45, 2.75) is 6.42 Å². The summed E-state index contributed by atoms with van der Waals surface area (Å²) < 4.78 is 0.908. The molecule has 1 rings (SSSR count). The summed E-state index contributed by atoms with van der Waals surface area (Å²) in [6.45, 7) is 0.943. The fourth-order valence-corrected chi connectivity index (χ4v) is 2.45. The number of hydrogen-bond acceptors (Lipinski definition) is 5. The van der Waals surface area contributed by atoms with E-state index in [-0.39, 0.29) is 10.8 Å². The van der Waals surface area contributed by atoms with Gasteiger partial charge in [0.15, 0.2) is 5.04 Å². The third-order valence-electron chi connectivity index (χ3n) is 2.38. The van der Waals surface area contributed by atoms with Crippen molar-refractivity contribution in [1.82, 2.24) is 4.90 Å². The zero-order chi connectivity index (χ0) is 14.3. The topological polar surface area (TPSA) is 52.9 Å². The average molecular weight is 345 g/mol. The number of halogens is 1. The second-order valence-corrected chi connectivity index (χ2v) is 6.25. The number of hydrogen-bond donors (Lipinski definition) is 1. The van der Waals surface area contributed by atoms with Crippen LogP contribution in [0.5, 0.6) is 0 Å². The van der Waals surface area contributed by atoms with Crippen LogP contribution in [-0.2, 0) is 0 Å². The first-order valence-electron chi connectivity index (χ1n) is 5.84. The summed E-state index contributed by atoms with van der Waals surface area (Å²) in [4.78, 5) is 14.2. The van der Waals surface area contributed by atoms with Crippen LogP contribution < -0.4 is 0 Å². The number of nitrogens with zero attached hydrogens (tertiary/aromatic N) is 2. The average Bonchev–Trinajstić information content (AvgIpc) is 2.39. The number of thioether (sulfide) groups is 1. The fourth-order valence-electron chi connectivity index (χ4n) is 1.41. The van der Waals surface area contributed by atoms with Crippen molar-refractivity contribution >= 4 is 38.5 Å². The van der Waals surface area contributed by atoms with Gasteiger partial charge in [-0.05, 0) is 51.3 Å². The molecule has 0 radical (unpaired) electrons. The molecule has 0 saturated heterocycles. The van der Waals surface area contributed by atoms with E-state index in [0.29, 0.717) is 5.56 Å². The van der Waals surface area contributed by atoms with E-state index < -0.39 is 0 Å². The SMILES string of the molecule is CN(C)CCCS/C(=N\O)C(=O)c1ccc(Br)cc1. The van der Waals surface area contributed by atoms with Crippen molar-refractivity contribution in [2.24, 2.45) is 5.16 Å². The second-order valence-electron chi connectivity index (χ2n) is 4.25. The molecule has 0 aliphatic rings. The summed E-state index contributed by atoms with van der Waals surface area (Å²) in [6.07, 6.45) is 0.935. The molecular weight excluding hydrogens is 328 g/mol. The van der Waals surface area contributed by atoms with Crippen molar-refractivity contribution in [2.75, 3.05) is 26.4 Å². The number of Topliss-reactive ketones (excluding diaryl/α,β-unsaturated/α-hetero) is 1. The predicted octanol–water partition coefficient (Wildman–Crippen LogP) is 3.10. The van der Waals surface area contributed by atoms with Gasteiger partial charge < -0.3 is 10.1 Å². The highest BCUT2D eigenvalue weighted by atomic mass is 79.9. The number of rotatable bonds is 6. The molecule has 0 fully saturated rings. The lowest BCUT2D eigenvalue weighted by Gasteiger charge is -2.08. The molecule has 0 saturated carbocycles. The van der Waals surface area contributed by atoms with Crippen LogP contribution in [0.4, 0.5) is 0 Å². The van der Waals surface area contributed by atoms with E-state index in [2.05, 4.69) is 26.0 Å². The Morgan fingerprint density at radius 3 is 2.53 bits per heavy atom. The van der Waals surface area contributed by atoms with Crippen LogP contribution in [0, 0.1) is 0 Å². The molecule has 1 aromatic carbocycles. The van der Waals surface area contributed by atoms with E-state index in [1.165, 1.54) is 11.8 Å². The highest BCUT2D eigenvalue weighted by molar-refractivity contribution is 9.10. The van der Waals surface area contributed by atoms with Crippen LogP contribution in [0.2, 0.25) is 0 Å². The number of benzene rings is 1. The van der Waals surface area contributed by atoms with Crippen molar-refractivity contribution in [3.8, 4) is 0 Å². The maximum absolute atomic E-state index is 12.1. The first kappa shape index (κ1) is 16.2. The molecule has 4 nitrogen and oxygen atoms in total. The maximum atomic E-state index is 12.1. The predicted molar refractivity (Wildman–Crippen MR) is 83.3 cm³/mol. The van der Waals surface area contributed by atoms with Gasteiger partial charge >= 0.3 is 0 Å². The molecule has 1 N–H and O–H groups in total. The van der Waals surface area contributed by atoms with Crippen LogP contribution in [0.15, 0.2) is 33.9 Å². The Balaban J connectivity index is 2.55. The summed E-state index contributed by atoms with van der Waals surface area (Å²) in [7, 11) is 4.00. The molecule has 0 bridgehead atoms. The summed E-state index contributed by atoms with van der Waals surface area (Å²) in [5.74, 6) is 0.504. The van der Waals surface area contributed by atoms with Gasteiger partial charge in [0.25, 0.3) is 0 Å². The number of ketones is 1.